The Balaban J connectivity index is 0.00000146. The first-order valence-corrected chi connectivity index (χ1v) is 53.4. The zero-order chi connectivity index (χ0) is 102. The predicted molar refractivity (Wildman–Crippen MR) is 570 cm³/mol. The van der Waals surface area contributed by atoms with Gasteiger partial charge in [0.2, 0.25) is 14.7 Å². The number of hydrogen-bond donors (Lipinski definition) is 3. The highest BCUT2D eigenvalue weighted by Crippen LogP contribution is 2.51. The number of aliphatic hydroxyl groups excluding tert-OH is 2. The Morgan fingerprint density at radius 3 is 1.06 bits per heavy atom. The Kier molecular flexibility index (Phi) is 59.5. The summed E-state index contributed by atoms with van der Waals surface area (Å²) in [6.07, 6.45) is 31.4. The summed E-state index contributed by atoms with van der Waals surface area (Å²) in [5.74, 6) is 1.13. The highest BCUT2D eigenvalue weighted by atomic mass is 32.2. The van der Waals surface area contributed by atoms with Crippen LogP contribution in [0.4, 0.5) is 0 Å². The van der Waals surface area contributed by atoms with E-state index in [2.05, 4.69) is 250 Å². The number of ether oxygens (including phenoxy) is 3. The van der Waals surface area contributed by atoms with Crippen molar-refractivity contribution in [3.8, 4) is 5.75 Å². The van der Waals surface area contributed by atoms with E-state index in [0.717, 1.165) is 74.5 Å². The molecule has 2 spiro atoms. The summed E-state index contributed by atoms with van der Waals surface area (Å²) in [6, 6.07) is 21.0. The van der Waals surface area contributed by atoms with Gasteiger partial charge in [0.25, 0.3) is 0 Å². The molecule has 1 unspecified atom stereocenters. The lowest BCUT2D eigenvalue weighted by Gasteiger charge is -2.58. The molecule has 23 nitrogen and oxygen atoms in total. The number of amides is 1. The molecule has 0 aromatic heterocycles. The van der Waals surface area contributed by atoms with Gasteiger partial charge in [-0.25, -0.2) is 0 Å². The number of thiocarbonyl (C=S) groups is 3. The van der Waals surface area contributed by atoms with Gasteiger partial charge in [-0.3, -0.25) is 9.59 Å². The molecule has 0 bridgehead atoms. The molecule has 1 atom stereocenters. The lowest BCUT2D eigenvalue weighted by molar-refractivity contribution is -0.301. The highest BCUT2D eigenvalue weighted by Gasteiger charge is 2.55. The highest BCUT2D eigenvalue weighted by molar-refractivity contribution is 8.23. The summed E-state index contributed by atoms with van der Waals surface area (Å²) < 4.78 is 17.7. The second-order valence-corrected chi connectivity index (χ2v) is 47.8. The van der Waals surface area contributed by atoms with Crippen LogP contribution in [0.1, 0.15) is 374 Å². The number of piperidine rings is 5. The maximum Gasteiger partial charge on any atom is 0.302 e. The quantitative estimate of drug-likeness (QED) is 0.0765. The maximum absolute atomic E-state index is 11.1. The van der Waals surface area contributed by atoms with Crippen molar-refractivity contribution < 1.29 is 67.9 Å². The zero-order valence-corrected chi connectivity index (χ0v) is 95.9. The van der Waals surface area contributed by atoms with Crippen LogP contribution < -0.4 is 10.1 Å². The molecule has 772 valence electrons. The monoisotopic (exact) mass is 1970 g/mol. The molecule has 0 radical (unpaired) electrons. The molecule has 5 heterocycles. The summed E-state index contributed by atoms with van der Waals surface area (Å²) >= 11 is 19.2. The van der Waals surface area contributed by atoms with Crippen LogP contribution in [0, 0.1) is 5.92 Å². The number of nitrogens with one attached hydrogen (secondary N) is 1. The average Bonchev–Trinajstić information content (AvgIpc) is 1.32. The van der Waals surface area contributed by atoms with E-state index in [9.17, 15) is 19.8 Å². The molecule has 2 saturated carbocycles. The fourth-order valence-corrected chi connectivity index (χ4v) is 23.2. The van der Waals surface area contributed by atoms with Gasteiger partial charge in [0, 0.05) is 118 Å². The van der Waals surface area contributed by atoms with Gasteiger partial charge in [0.15, 0.2) is 0 Å². The van der Waals surface area contributed by atoms with Crippen LogP contribution in [0.5, 0.6) is 5.75 Å². The molecule has 9 rings (SSSR count). The third-order valence-electron chi connectivity index (χ3n) is 25.2. The minimum absolute atomic E-state index is 0.0144. The zero-order valence-electron chi connectivity index (χ0n) is 91.0. The molecule has 29 heteroatoms. The number of carbonyl (C=O) groups is 2. The van der Waals surface area contributed by atoms with Gasteiger partial charge in [-0.2, -0.15) is 35.4 Å². The van der Waals surface area contributed by atoms with E-state index in [4.69, 9.17) is 84.7 Å². The fourth-order valence-electron chi connectivity index (χ4n) is 21.8. The molecule has 132 heavy (non-hydrogen) atoms. The molecule has 2 aromatic rings. The van der Waals surface area contributed by atoms with E-state index in [1.54, 1.807) is 61.3 Å². The average molecular weight is 1980 g/mol. The van der Waals surface area contributed by atoms with E-state index >= 15 is 0 Å². The van der Waals surface area contributed by atoms with Gasteiger partial charge in [-0.15, -0.1) is 11.8 Å². The van der Waals surface area contributed by atoms with Crippen LogP contribution >= 0.6 is 71.9 Å². The lowest BCUT2D eigenvalue weighted by Crippen LogP contribution is -2.65. The molecule has 2 aliphatic carbocycles. The topological polar surface area (TPSA) is 205 Å². The molecule has 2 aromatic carbocycles. The van der Waals surface area contributed by atoms with Crippen molar-refractivity contribution in [2.75, 3.05) is 88.2 Å². The molecule has 1 amide bonds. The van der Waals surface area contributed by atoms with Gasteiger partial charge < -0.3 is 68.5 Å². The minimum atomic E-state index is -0.212. The minimum Gasteiger partial charge on any atom is -0.479 e. The SMILES string of the molecule is CCN(CC)C(=S)SC.CCOC(=S)SC.CON(C(C)C)C(C)(C)C.CON(C(c1ccccc1)C(C)C)C(C)(C)C.CON1C(C)(C)CC(NC(C)=O)CC1(C)C.CON1C(C)(C)CC(O)CC1(C)C.CON1C(C)(C)CC(OC(C)=O)CC1(C)C.CON1C(C)(C)CCCC1(C)C.CON1C2(CCCCCC2)CC(O)CC12CCCCCC2.CSC(=S)Oc1ccccc1. The van der Waals surface area contributed by atoms with E-state index in [1.807, 2.05) is 83.4 Å². The van der Waals surface area contributed by atoms with Crippen LogP contribution in [0.2, 0.25) is 0 Å². The summed E-state index contributed by atoms with van der Waals surface area (Å²) in [5.41, 5.74) is 1.42. The number of hydroxylamine groups is 14. The van der Waals surface area contributed by atoms with E-state index in [1.165, 1.54) is 132 Å². The van der Waals surface area contributed by atoms with Crippen molar-refractivity contribution in [2.45, 2.75) is 465 Å². The van der Waals surface area contributed by atoms with E-state index in [0.29, 0.717) is 27.3 Å². The first-order valence-electron chi connectivity index (χ1n) is 48.5. The Labute approximate surface area is 836 Å². The first kappa shape index (κ1) is 129. The fraction of sp³-hybridized carbons (Fsp3) is 0.835. The van der Waals surface area contributed by atoms with Crippen molar-refractivity contribution >= 4 is 96.9 Å². The van der Waals surface area contributed by atoms with E-state index in [-0.39, 0.29) is 109 Å². The number of para-hydroxylation sites is 1. The third kappa shape index (κ3) is 44.3. The number of aliphatic hydroxyl groups is 2. The third-order valence-corrected chi connectivity index (χ3v) is 28.6. The van der Waals surface area contributed by atoms with Crippen LogP contribution in [0.25, 0.3) is 0 Å². The maximum atomic E-state index is 11.1. The van der Waals surface area contributed by atoms with Gasteiger partial charge in [0.1, 0.15) is 16.2 Å². The van der Waals surface area contributed by atoms with Crippen molar-refractivity contribution in [1.29, 1.82) is 0 Å². The molecule has 7 aliphatic rings. The molecule has 5 aliphatic heterocycles. The Hall–Kier alpha value is -2.54. The Morgan fingerprint density at radius 1 is 0.455 bits per heavy atom. The van der Waals surface area contributed by atoms with Crippen molar-refractivity contribution in [3.63, 3.8) is 0 Å². The Bertz CT molecular complexity index is 3340. The normalized spacial score (nSPS) is 21.3. The van der Waals surface area contributed by atoms with Crippen LogP contribution in [0.3, 0.4) is 0 Å². The number of nitrogens with zero attached hydrogens (tertiary/aromatic N) is 8. The molecule has 5 saturated heterocycles. The summed E-state index contributed by atoms with van der Waals surface area (Å²) in [5, 5.41) is 38.1. The molecule has 7 fully saturated rings. The number of esters is 1. The largest absolute Gasteiger partial charge is 0.479 e. The van der Waals surface area contributed by atoms with Crippen LogP contribution in [-0.4, -0.2) is 261 Å². The lowest BCUT2D eigenvalue weighted by atomic mass is 9.70. The second-order valence-electron chi connectivity index (χ2n) is 43.5. The van der Waals surface area contributed by atoms with Gasteiger partial charge >= 0.3 is 5.97 Å². The molecule has 3 N–H and O–H groups in total. The molecular formula is C103H195N9O14S6. The van der Waals surface area contributed by atoms with E-state index < -0.39 is 0 Å². The summed E-state index contributed by atoms with van der Waals surface area (Å²) in [6.45, 7) is 67.9. The van der Waals surface area contributed by atoms with Crippen molar-refractivity contribution in [1.82, 2.24) is 45.7 Å². The predicted octanol–water partition coefficient (Wildman–Crippen LogP) is 24.6. The molecular weight excluding hydrogens is 1780 g/mol. The summed E-state index contributed by atoms with van der Waals surface area (Å²) in [4.78, 5) is 63.0. The number of carbonyl (C=O) groups excluding carboxylic acids is 2. The van der Waals surface area contributed by atoms with Crippen molar-refractivity contribution in [2.24, 2.45) is 5.92 Å². The van der Waals surface area contributed by atoms with Gasteiger partial charge in [0.05, 0.1) is 74.6 Å². The van der Waals surface area contributed by atoms with Gasteiger partial charge in [-0.1, -0.05) is 149 Å². The van der Waals surface area contributed by atoms with Gasteiger partial charge in [-0.05, 0) is 337 Å². The van der Waals surface area contributed by atoms with Crippen LogP contribution in [0.15, 0.2) is 60.7 Å². The van der Waals surface area contributed by atoms with Crippen LogP contribution in [-0.2, 0) is 52.9 Å². The number of rotatable bonds is 17. The smallest absolute Gasteiger partial charge is 0.302 e. The summed E-state index contributed by atoms with van der Waals surface area (Å²) in [7, 11) is 12.2. The number of thioether (sulfide) groups is 3. The number of benzene rings is 2. The second kappa shape index (κ2) is 60.7. The van der Waals surface area contributed by atoms with Crippen molar-refractivity contribution in [3.05, 3.63) is 66.2 Å². The standard InChI is InChI=1S/C18H33NO2.C15H25NO.C12H24N2O2.C12H23NO3.C10H21NO2.C10H21NO.C8H19NO.C8H8OS2.C6H13NS2.C4H8OS2/c1-21-19-17(10-6-2-3-7-11-17)14-16(20)15-18(19)12-8-4-5-9-13-18;1-12(2)14(13-10-8-7-9-11-13)16(17-6)15(3,4)5;1-9(15)13-10-7-11(2,3)14(16-6)12(4,5)8-10;1-9(14)16-10-7-11(2,3)13(15-6)12(4,5)8-10;1-9(2)6-8(12)7-10(3,4)11(9)13-5;1-9(2)7-6-8-10(3,4)11(9)12-5;1-7(2)9(10-6)8(3,4)5;1-11-8(10)9-7-5-3-2-4-6-7;1-4-7(5-2)6(8)9-3;1-3-5-4(6)7-2/h16,20H,2-15H2,1H3;7-12,14H,1-6H3;10H,7-8H2,1-6H3,(H,13,15);10H,7-8H2,1-6H3;8,12H,6-7H2,1-5H3;6-8H2,1-5H3;7H,1-6H3;2-6H,1H3;4-5H2,1-3H3;3H2,1-2H3. The first-order chi connectivity index (χ1) is 60.9. The Morgan fingerprint density at radius 2 is 0.795 bits per heavy atom. The number of hydrogen-bond acceptors (Lipinski definition) is 27.